The SMILES string of the molecule is CCCN(CCC)C(=O)Nc1ccc(S(C)=O)c(CN)c1. The van der Waals surface area contributed by atoms with Crippen molar-refractivity contribution in [2.24, 2.45) is 5.73 Å². The third-order valence-electron chi connectivity index (χ3n) is 3.12. The van der Waals surface area contributed by atoms with Gasteiger partial charge in [-0.25, -0.2) is 4.79 Å². The monoisotopic (exact) mass is 311 g/mol. The van der Waals surface area contributed by atoms with Gasteiger partial charge in [-0.2, -0.15) is 0 Å². The summed E-state index contributed by atoms with van der Waals surface area (Å²) < 4.78 is 11.6. The lowest BCUT2D eigenvalue weighted by molar-refractivity contribution is 0.211. The summed E-state index contributed by atoms with van der Waals surface area (Å²) in [4.78, 5) is 14.8. The van der Waals surface area contributed by atoms with E-state index in [0.717, 1.165) is 36.4 Å². The molecule has 0 saturated carbocycles. The number of urea groups is 1. The molecule has 6 heteroatoms. The van der Waals surface area contributed by atoms with Crippen LogP contribution in [0.3, 0.4) is 0 Å². The zero-order valence-corrected chi connectivity index (χ0v) is 13.8. The van der Waals surface area contributed by atoms with Crippen molar-refractivity contribution in [3.05, 3.63) is 23.8 Å². The van der Waals surface area contributed by atoms with Gasteiger partial charge in [0, 0.05) is 36.5 Å². The van der Waals surface area contributed by atoms with Gasteiger partial charge in [-0.15, -0.1) is 0 Å². The summed E-state index contributed by atoms with van der Waals surface area (Å²) in [6, 6.07) is 5.22. The fourth-order valence-corrected chi connectivity index (χ4v) is 2.93. The van der Waals surface area contributed by atoms with Crippen molar-refractivity contribution in [1.29, 1.82) is 0 Å². The van der Waals surface area contributed by atoms with Gasteiger partial charge in [-0.3, -0.25) is 4.21 Å². The molecule has 21 heavy (non-hydrogen) atoms. The Bertz CT molecular complexity index is 500. The molecule has 1 unspecified atom stereocenters. The minimum Gasteiger partial charge on any atom is -0.326 e. The predicted molar refractivity (Wildman–Crippen MR) is 87.8 cm³/mol. The Kier molecular flexibility index (Phi) is 7.39. The molecule has 1 aromatic carbocycles. The Labute approximate surface area is 129 Å². The van der Waals surface area contributed by atoms with Gasteiger partial charge in [0.2, 0.25) is 0 Å². The van der Waals surface area contributed by atoms with E-state index in [1.54, 1.807) is 29.4 Å². The number of carbonyl (C=O) groups excluding carboxylic acids is 1. The highest BCUT2D eigenvalue weighted by atomic mass is 32.2. The van der Waals surface area contributed by atoms with Crippen molar-refractivity contribution >= 4 is 22.5 Å². The van der Waals surface area contributed by atoms with Crippen molar-refractivity contribution in [1.82, 2.24) is 4.90 Å². The minimum absolute atomic E-state index is 0.105. The van der Waals surface area contributed by atoms with Crippen LogP contribution in [0.25, 0.3) is 0 Å². The molecule has 0 radical (unpaired) electrons. The molecule has 0 heterocycles. The van der Waals surface area contributed by atoms with Crippen LogP contribution in [0.2, 0.25) is 0 Å². The van der Waals surface area contributed by atoms with Crippen LogP contribution in [0.4, 0.5) is 10.5 Å². The molecule has 0 spiro atoms. The summed E-state index contributed by atoms with van der Waals surface area (Å²) in [5.74, 6) is 0. The third kappa shape index (κ3) is 5.13. The van der Waals surface area contributed by atoms with Crippen LogP contribution in [0.1, 0.15) is 32.3 Å². The fraction of sp³-hybridized carbons (Fsp3) is 0.533. The molecule has 3 N–H and O–H groups in total. The molecule has 0 aliphatic heterocycles. The quantitative estimate of drug-likeness (QED) is 0.812. The Balaban J connectivity index is 2.86. The van der Waals surface area contributed by atoms with Gasteiger partial charge in [0.15, 0.2) is 0 Å². The number of amides is 2. The molecule has 1 aromatic rings. The number of rotatable bonds is 7. The zero-order chi connectivity index (χ0) is 15.8. The van der Waals surface area contributed by atoms with E-state index in [1.807, 2.05) is 13.8 Å². The highest BCUT2D eigenvalue weighted by Crippen LogP contribution is 2.18. The molecule has 0 bridgehead atoms. The second-order valence-corrected chi connectivity index (χ2v) is 6.25. The van der Waals surface area contributed by atoms with E-state index in [2.05, 4.69) is 5.32 Å². The number of hydrogen-bond donors (Lipinski definition) is 2. The van der Waals surface area contributed by atoms with Crippen LogP contribution in [0, 0.1) is 0 Å². The van der Waals surface area contributed by atoms with Gasteiger partial charge in [0.1, 0.15) is 0 Å². The normalized spacial score (nSPS) is 12.0. The molecule has 0 saturated heterocycles. The number of nitrogens with zero attached hydrogens (tertiary/aromatic N) is 1. The average molecular weight is 311 g/mol. The van der Waals surface area contributed by atoms with E-state index in [1.165, 1.54) is 0 Å². The summed E-state index contributed by atoms with van der Waals surface area (Å²) in [5, 5.41) is 2.88. The Morgan fingerprint density at radius 1 is 1.29 bits per heavy atom. The van der Waals surface area contributed by atoms with Crippen LogP contribution in [0.5, 0.6) is 0 Å². The second kappa shape index (κ2) is 8.79. The Hall–Kier alpha value is -1.40. The molecule has 5 nitrogen and oxygen atoms in total. The van der Waals surface area contributed by atoms with Crippen molar-refractivity contribution in [2.45, 2.75) is 38.1 Å². The van der Waals surface area contributed by atoms with Crippen LogP contribution in [-0.2, 0) is 17.3 Å². The summed E-state index contributed by atoms with van der Waals surface area (Å²) in [5.41, 5.74) is 7.17. The van der Waals surface area contributed by atoms with E-state index in [-0.39, 0.29) is 6.03 Å². The van der Waals surface area contributed by atoms with E-state index in [4.69, 9.17) is 5.73 Å². The van der Waals surface area contributed by atoms with Gasteiger partial charge in [0.25, 0.3) is 0 Å². The largest absolute Gasteiger partial charge is 0.326 e. The standard InChI is InChI=1S/C15H25N3O2S/c1-4-8-18(9-5-2)15(19)17-13-6-7-14(21(3)20)12(10-13)11-16/h6-7,10H,4-5,8-9,11,16H2,1-3H3,(H,17,19). The molecule has 0 aliphatic carbocycles. The van der Waals surface area contributed by atoms with Crippen molar-refractivity contribution in [3.63, 3.8) is 0 Å². The molecule has 2 amide bonds. The van der Waals surface area contributed by atoms with Gasteiger partial charge in [0.05, 0.1) is 10.8 Å². The topological polar surface area (TPSA) is 75.4 Å². The number of benzene rings is 1. The first-order chi connectivity index (χ1) is 10.0. The number of anilines is 1. The maximum absolute atomic E-state index is 12.2. The summed E-state index contributed by atoms with van der Waals surface area (Å²) >= 11 is 0. The Morgan fingerprint density at radius 3 is 2.38 bits per heavy atom. The fourth-order valence-electron chi connectivity index (χ4n) is 2.15. The summed E-state index contributed by atoms with van der Waals surface area (Å²) in [6.45, 7) is 5.87. The average Bonchev–Trinajstić information content (AvgIpc) is 2.46. The van der Waals surface area contributed by atoms with E-state index < -0.39 is 10.8 Å². The van der Waals surface area contributed by atoms with E-state index in [9.17, 15) is 9.00 Å². The molecule has 0 aliphatic rings. The third-order valence-corrected chi connectivity index (χ3v) is 4.13. The van der Waals surface area contributed by atoms with Gasteiger partial charge in [-0.05, 0) is 36.6 Å². The van der Waals surface area contributed by atoms with E-state index in [0.29, 0.717) is 12.2 Å². The van der Waals surface area contributed by atoms with Crippen molar-refractivity contribution < 1.29 is 9.00 Å². The molecule has 118 valence electrons. The molecule has 1 rings (SSSR count). The smallest absolute Gasteiger partial charge is 0.321 e. The lowest BCUT2D eigenvalue weighted by Crippen LogP contribution is -2.36. The lowest BCUT2D eigenvalue weighted by Gasteiger charge is -2.22. The summed E-state index contributed by atoms with van der Waals surface area (Å²) in [7, 11) is -1.08. The highest BCUT2D eigenvalue weighted by molar-refractivity contribution is 7.84. The summed E-state index contributed by atoms with van der Waals surface area (Å²) in [6.07, 6.45) is 3.47. The number of carbonyl (C=O) groups is 1. The van der Waals surface area contributed by atoms with Gasteiger partial charge in [-0.1, -0.05) is 13.8 Å². The molecular formula is C15H25N3O2S. The first-order valence-electron chi connectivity index (χ1n) is 7.25. The van der Waals surface area contributed by atoms with Crippen LogP contribution in [0.15, 0.2) is 23.1 Å². The molecular weight excluding hydrogens is 286 g/mol. The van der Waals surface area contributed by atoms with E-state index >= 15 is 0 Å². The lowest BCUT2D eigenvalue weighted by atomic mass is 10.2. The molecule has 1 atom stereocenters. The van der Waals surface area contributed by atoms with Crippen molar-refractivity contribution in [2.75, 3.05) is 24.7 Å². The van der Waals surface area contributed by atoms with Gasteiger partial charge >= 0.3 is 6.03 Å². The number of nitrogens with two attached hydrogens (primary N) is 1. The first-order valence-corrected chi connectivity index (χ1v) is 8.81. The van der Waals surface area contributed by atoms with Crippen LogP contribution < -0.4 is 11.1 Å². The van der Waals surface area contributed by atoms with Crippen LogP contribution in [-0.4, -0.2) is 34.5 Å². The van der Waals surface area contributed by atoms with Crippen molar-refractivity contribution in [3.8, 4) is 0 Å². The second-order valence-electron chi connectivity index (χ2n) is 4.90. The highest BCUT2D eigenvalue weighted by Gasteiger charge is 2.13. The Morgan fingerprint density at radius 2 is 1.90 bits per heavy atom. The maximum Gasteiger partial charge on any atom is 0.321 e. The van der Waals surface area contributed by atoms with Gasteiger partial charge < -0.3 is 16.0 Å². The first kappa shape index (κ1) is 17.7. The zero-order valence-electron chi connectivity index (χ0n) is 13.0. The maximum atomic E-state index is 12.2. The predicted octanol–water partition coefficient (Wildman–Crippen LogP) is 2.54. The number of hydrogen-bond acceptors (Lipinski definition) is 3. The molecule has 0 fully saturated rings. The number of nitrogens with one attached hydrogen (secondary N) is 1. The minimum atomic E-state index is -1.08. The van der Waals surface area contributed by atoms with Crippen LogP contribution >= 0.6 is 0 Å². The molecule has 0 aromatic heterocycles.